The summed E-state index contributed by atoms with van der Waals surface area (Å²) in [5.74, 6) is -0.942. The van der Waals surface area contributed by atoms with E-state index in [4.69, 9.17) is 10.2 Å². The molecule has 0 fully saturated rings. The third kappa shape index (κ3) is 4.10. The van der Waals surface area contributed by atoms with Gasteiger partial charge in [0.15, 0.2) is 5.76 Å². The third-order valence-corrected chi connectivity index (χ3v) is 2.72. The van der Waals surface area contributed by atoms with Crippen LogP contribution < -0.4 is 21.9 Å². The summed E-state index contributed by atoms with van der Waals surface area (Å²) in [5, 5.41) is 2.44. The van der Waals surface area contributed by atoms with Crippen LogP contribution in [0.5, 0.6) is 0 Å². The van der Waals surface area contributed by atoms with Crippen LogP contribution in [-0.4, -0.2) is 17.8 Å². The number of rotatable bonds is 4. The van der Waals surface area contributed by atoms with Gasteiger partial charge in [0.05, 0.1) is 6.26 Å². The summed E-state index contributed by atoms with van der Waals surface area (Å²) in [6.45, 7) is 0.270. The molecule has 22 heavy (non-hydrogen) atoms. The summed E-state index contributed by atoms with van der Waals surface area (Å²) in [7, 11) is 0. The van der Waals surface area contributed by atoms with E-state index in [1.807, 2.05) is 0 Å². The first kappa shape index (κ1) is 15.1. The van der Waals surface area contributed by atoms with Crippen LogP contribution in [0.15, 0.2) is 47.1 Å². The molecule has 0 saturated carbocycles. The molecule has 0 atom stereocenters. The van der Waals surface area contributed by atoms with E-state index in [0.717, 1.165) is 5.56 Å². The third-order valence-electron chi connectivity index (χ3n) is 2.72. The molecule has 114 valence electrons. The van der Waals surface area contributed by atoms with E-state index in [2.05, 4.69) is 16.2 Å². The Kier molecular flexibility index (Phi) is 4.76. The Morgan fingerprint density at radius 1 is 1.00 bits per heavy atom. The fourth-order valence-corrected chi connectivity index (χ4v) is 1.62. The summed E-state index contributed by atoms with van der Waals surface area (Å²) < 4.78 is 4.89. The highest BCUT2D eigenvalue weighted by Gasteiger charge is 2.10. The zero-order chi connectivity index (χ0) is 15.9. The van der Waals surface area contributed by atoms with E-state index < -0.39 is 17.8 Å². The second-order valence-electron chi connectivity index (χ2n) is 4.30. The van der Waals surface area contributed by atoms with Gasteiger partial charge >= 0.3 is 11.9 Å². The van der Waals surface area contributed by atoms with Crippen molar-refractivity contribution in [2.24, 2.45) is 5.73 Å². The molecule has 2 aromatic rings. The van der Waals surface area contributed by atoms with Gasteiger partial charge in [0.25, 0.3) is 5.91 Å². The van der Waals surface area contributed by atoms with E-state index in [0.29, 0.717) is 5.56 Å². The molecule has 0 spiro atoms. The zero-order valence-corrected chi connectivity index (χ0v) is 11.5. The number of primary amides is 1. The molecule has 4 amide bonds. The van der Waals surface area contributed by atoms with Crippen LogP contribution in [0, 0.1) is 0 Å². The number of carbonyl (C=O) groups excluding carboxylic acids is 3. The second kappa shape index (κ2) is 6.93. The summed E-state index contributed by atoms with van der Waals surface area (Å²) in [5.41, 5.74) is 10.6. The number of nitrogens with two attached hydrogens (primary N) is 1. The van der Waals surface area contributed by atoms with Crippen LogP contribution in [0.2, 0.25) is 0 Å². The van der Waals surface area contributed by atoms with Crippen molar-refractivity contribution in [3.63, 3.8) is 0 Å². The molecule has 0 saturated heterocycles. The molecule has 0 bridgehead atoms. The van der Waals surface area contributed by atoms with Gasteiger partial charge in [-0.15, -0.1) is 0 Å². The molecular formula is C14H14N4O4. The molecular weight excluding hydrogens is 288 g/mol. The normalized spacial score (nSPS) is 9.82. The highest BCUT2D eigenvalue weighted by atomic mass is 16.3. The van der Waals surface area contributed by atoms with Gasteiger partial charge in [0.2, 0.25) is 0 Å². The summed E-state index contributed by atoms with van der Waals surface area (Å²) in [4.78, 5) is 34.0. The van der Waals surface area contributed by atoms with Gasteiger partial charge in [-0.25, -0.2) is 4.79 Å². The van der Waals surface area contributed by atoms with E-state index in [-0.39, 0.29) is 12.3 Å². The fourth-order valence-electron chi connectivity index (χ4n) is 1.62. The number of hydrazine groups is 1. The van der Waals surface area contributed by atoms with Gasteiger partial charge in [0.1, 0.15) is 0 Å². The number of furan rings is 1. The summed E-state index contributed by atoms with van der Waals surface area (Å²) in [6.07, 6.45) is 1.36. The number of amides is 4. The lowest BCUT2D eigenvalue weighted by atomic mass is 10.1. The molecule has 5 N–H and O–H groups in total. The van der Waals surface area contributed by atoms with E-state index in [1.165, 1.54) is 12.3 Å². The minimum Gasteiger partial charge on any atom is -0.459 e. The Morgan fingerprint density at radius 2 is 1.68 bits per heavy atom. The maximum absolute atomic E-state index is 11.8. The van der Waals surface area contributed by atoms with Crippen molar-refractivity contribution < 1.29 is 18.8 Å². The summed E-state index contributed by atoms with van der Waals surface area (Å²) in [6, 6.07) is 8.87. The van der Waals surface area contributed by atoms with Crippen molar-refractivity contribution in [2.75, 3.05) is 0 Å². The molecule has 1 heterocycles. The topological polar surface area (TPSA) is 126 Å². The van der Waals surface area contributed by atoms with Crippen molar-refractivity contribution in [1.29, 1.82) is 0 Å². The largest absolute Gasteiger partial charge is 0.459 e. The minimum absolute atomic E-state index is 0.0909. The standard InChI is InChI=1S/C14H14N4O4/c15-14(21)16-8-9-3-5-10(6-4-9)12(19)17-18-13(20)11-2-1-7-22-11/h1-7H,8H2,(H,17,19)(H,18,20)(H3,15,16,21). The number of urea groups is 1. The van der Waals surface area contributed by atoms with E-state index in [1.54, 1.807) is 30.3 Å². The maximum Gasteiger partial charge on any atom is 0.312 e. The number of nitrogens with one attached hydrogen (secondary N) is 3. The highest BCUT2D eigenvalue weighted by Crippen LogP contribution is 2.04. The van der Waals surface area contributed by atoms with Crippen LogP contribution in [0.3, 0.4) is 0 Å². The number of benzene rings is 1. The fraction of sp³-hybridized carbons (Fsp3) is 0.0714. The Morgan fingerprint density at radius 3 is 2.27 bits per heavy atom. The molecule has 8 heteroatoms. The predicted octanol–water partition coefficient (Wildman–Crippen LogP) is 0.523. The van der Waals surface area contributed by atoms with Crippen LogP contribution in [0.1, 0.15) is 26.5 Å². The molecule has 8 nitrogen and oxygen atoms in total. The monoisotopic (exact) mass is 302 g/mol. The molecule has 0 unspecified atom stereocenters. The number of carbonyl (C=O) groups is 3. The molecule has 1 aromatic carbocycles. The van der Waals surface area contributed by atoms with Crippen LogP contribution in [0.25, 0.3) is 0 Å². The molecule has 1 aromatic heterocycles. The first-order valence-electron chi connectivity index (χ1n) is 6.32. The average molecular weight is 302 g/mol. The lowest BCUT2D eigenvalue weighted by Crippen LogP contribution is -2.41. The van der Waals surface area contributed by atoms with Crippen LogP contribution in [-0.2, 0) is 6.54 Å². The van der Waals surface area contributed by atoms with Crippen molar-refractivity contribution in [1.82, 2.24) is 16.2 Å². The summed E-state index contributed by atoms with van der Waals surface area (Å²) >= 11 is 0. The van der Waals surface area contributed by atoms with Crippen molar-refractivity contribution >= 4 is 17.8 Å². The van der Waals surface area contributed by atoms with Gasteiger partial charge in [-0.1, -0.05) is 12.1 Å². The Hall–Kier alpha value is -3.29. The van der Waals surface area contributed by atoms with Crippen LogP contribution in [0.4, 0.5) is 4.79 Å². The molecule has 0 radical (unpaired) electrons. The molecule has 0 aliphatic rings. The first-order chi connectivity index (χ1) is 10.6. The minimum atomic E-state index is -0.623. The Balaban J connectivity index is 1.87. The second-order valence-corrected chi connectivity index (χ2v) is 4.30. The Labute approximate surface area is 125 Å². The Bertz CT molecular complexity index is 665. The predicted molar refractivity (Wildman–Crippen MR) is 76.5 cm³/mol. The molecule has 2 rings (SSSR count). The number of hydrogen-bond donors (Lipinski definition) is 4. The lowest BCUT2D eigenvalue weighted by molar-refractivity contribution is 0.0831. The molecule has 0 aliphatic carbocycles. The van der Waals surface area contributed by atoms with Crippen LogP contribution >= 0.6 is 0 Å². The van der Waals surface area contributed by atoms with Gasteiger partial charge in [-0.05, 0) is 29.8 Å². The van der Waals surface area contributed by atoms with Crippen molar-refractivity contribution in [3.05, 3.63) is 59.5 Å². The smallest absolute Gasteiger partial charge is 0.312 e. The van der Waals surface area contributed by atoms with Crippen molar-refractivity contribution in [3.8, 4) is 0 Å². The van der Waals surface area contributed by atoms with Gasteiger partial charge < -0.3 is 15.5 Å². The highest BCUT2D eigenvalue weighted by molar-refractivity contribution is 5.97. The maximum atomic E-state index is 11.8. The van der Waals surface area contributed by atoms with E-state index >= 15 is 0 Å². The zero-order valence-electron chi connectivity index (χ0n) is 11.5. The van der Waals surface area contributed by atoms with Gasteiger partial charge in [-0.3, -0.25) is 20.4 Å². The number of hydrogen-bond acceptors (Lipinski definition) is 4. The van der Waals surface area contributed by atoms with Crippen molar-refractivity contribution in [2.45, 2.75) is 6.54 Å². The van der Waals surface area contributed by atoms with Gasteiger partial charge in [0, 0.05) is 12.1 Å². The van der Waals surface area contributed by atoms with Gasteiger partial charge in [-0.2, -0.15) is 0 Å². The first-order valence-corrected chi connectivity index (χ1v) is 6.32. The SMILES string of the molecule is NC(=O)NCc1ccc(C(=O)NNC(=O)c2ccco2)cc1. The van der Waals surface area contributed by atoms with E-state index in [9.17, 15) is 14.4 Å². The lowest BCUT2D eigenvalue weighted by Gasteiger charge is -2.07. The average Bonchev–Trinajstić information content (AvgIpc) is 3.05. The quantitative estimate of drug-likeness (QED) is 0.614. The molecule has 0 aliphatic heterocycles.